The van der Waals surface area contributed by atoms with Gasteiger partial charge in [-0.3, -0.25) is 14.5 Å². The number of benzene rings is 1. The van der Waals surface area contributed by atoms with E-state index in [1.165, 1.54) is 5.56 Å². The van der Waals surface area contributed by atoms with Crippen molar-refractivity contribution in [1.29, 1.82) is 0 Å². The van der Waals surface area contributed by atoms with E-state index in [0.717, 1.165) is 29.7 Å². The fraction of sp³-hybridized carbons (Fsp3) is 0.556. The highest BCUT2D eigenvalue weighted by Gasteiger charge is 2.26. The Kier molecular flexibility index (Phi) is 5.42. The first-order chi connectivity index (χ1) is 10.8. The summed E-state index contributed by atoms with van der Waals surface area (Å²) < 4.78 is 0. The number of amides is 2. The summed E-state index contributed by atoms with van der Waals surface area (Å²) >= 11 is 0. The van der Waals surface area contributed by atoms with Gasteiger partial charge in [0.2, 0.25) is 11.8 Å². The summed E-state index contributed by atoms with van der Waals surface area (Å²) in [6.45, 7) is 8.08. The molecule has 0 saturated heterocycles. The Labute approximate surface area is 138 Å². The summed E-state index contributed by atoms with van der Waals surface area (Å²) in [5.41, 5.74) is 4.15. The van der Waals surface area contributed by atoms with E-state index in [0.29, 0.717) is 6.04 Å². The molecule has 1 fully saturated rings. The van der Waals surface area contributed by atoms with E-state index >= 15 is 0 Å². The monoisotopic (exact) mass is 317 g/mol. The summed E-state index contributed by atoms with van der Waals surface area (Å²) in [4.78, 5) is 26.1. The smallest absolute Gasteiger partial charge is 0.241 e. The van der Waals surface area contributed by atoms with E-state index in [9.17, 15) is 9.59 Å². The van der Waals surface area contributed by atoms with Crippen LogP contribution in [0.3, 0.4) is 0 Å². The number of hydrogen-bond acceptors (Lipinski definition) is 3. The number of hydrogen-bond donors (Lipinski definition) is 2. The third kappa shape index (κ3) is 4.79. The molecular weight excluding hydrogens is 290 g/mol. The van der Waals surface area contributed by atoms with Gasteiger partial charge in [0.25, 0.3) is 0 Å². The molecule has 23 heavy (non-hydrogen) atoms. The van der Waals surface area contributed by atoms with Crippen molar-refractivity contribution >= 4 is 17.5 Å². The molecule has 2 rings (SSSR count). The first kappa shape index (κ1) is 17.5. The van der Waals surface area contributed by atoms with E-state index in [1.807, 2.05) is 27.7 Å². The van der Waals surface area contributed by atoms with Crippen molar-refractivity contribution in [3.8, 4) is 0 Å². The molecule has 0 heterocycles. The van der Waals surface area contributed by atoms with Gasteiger partial charge in [-0.25, -0.2) is 0 Å². The number of nitrogens with one attached hydrogen (secondary N) is 2. The molecular formula is C18H27N3O2. The van der Waals surface area contributed by atoms with Gasteiger partial charge in [0.05, 0.1) is 12.6 Å². The highest BCUT2D eigenvalue weighted by molar-refractivity contribution is 5.96. The van der Waals surface area contributed by atoms with Crippen LogP contribution in [-0.4, -0.2) is 42.4 Å². The molecule has 0 spiro atoms. The fourth-order valence-electron chi connectivity index (χ4n) is 2.67. The molecule has 126 valence electrons. The van der Waals surface area contributed by atoms with Crippen molar-refractivity contribution in [3.63, 3.8) is 0 Å². The van der Waals surface area contributed by atoms with Crippen molar-refractivity contribution in [2.45, 2.75) is 52.6 Å². The highest BCUT2D eigenvalue weighted by Crippen LogP contribution is 2.22. The quantitative estimate of drug-likeness (QED) is 0.845. The Balaban J connectivity index is 1.95. The first-order valence-electron chi connectivity index (χ1n) is 8.16. The molecule has 1 saturated carbocycles. The van der Waals surface area contributed by atoms with Crippen LogP contribution in [0.25, 0.3) is 0 Å². The molecule has 1 aliphatic rings. The zero-order chi connectivity index (χ0) is 17.1. The average Bonchev–Trinajstić information content (AvgIpc) is 3.25. The van der Waals surface area contributed by atoms with Gasteiger partial charge < -0.3 is 10.6 Å². The second-order valence-electron chi connectivity index (χ2n) is 6.70. The Bertz CT molecular complexity index is 585. The van der Waals surface area contributed by atoms with Gasteiger partial charge in [0, 0.05) is 11.7 Å². The maximum Gasteiger partial charge on any atom is 0.241 e. The zero-order valence-electron chi connectivity index (χ0n) is 14.7. The van der Waals surface area contributed by atoms with Gasteiger partial charge in [-0.1, -0.05) is 17.7 Å². The summed E-state index contributed by atoms with van der Waals surface area (Å²) in [5, 5.41) is 5.94. The Morgan fingerprint density at radius 2 is 1.78 bits per heavy atom. The molecule has 0 aliphatic heterocycles. The standard InChI is InChI=1S/C18H27N3O2/c1-11-8-12(2)17(13(3)9-11)20-18(23)14(4)21(5)10-16(22)19-15-6-7-15/h8-9,14-15H,6-7,10H2,1-5H3,(H,19,22)(H,20,23)/t14-/m0/s1. The zero-order valence-corrected chi connectivity index (χ0v) is 14.7. The summed E-state index contributed by atoms with van der Waals surface area (Å²) in [6, 6.07) is 4.08. The molecule has 2 N–H and O–H groups in total. The normalized spacial score (nSPS) is 15.4. The predicted molar refractivity (Wildman–Crippen MR) is 92.5 cm³/mol. The molecule has 0 radical (unpaired) electrons. The predicted octanol–water partition coefficient (Wildman–Crippen LogP) is 2.15. The van der Waals surface area contributed by atoms with Crippen LogP contribution in [0.4, 0.5) is 5.69 Å². The van der Waals surface area contributed by atoms with Gasteiger partial charge in [0.1, 0.15) is 0 Å². The Morgan fingerprint density at radius 3 is 2.30 bits per heavy atom. The third-order valence-corrected chi connectivity index (χ3v) is 4.30. The number of aryl methyl sites for hydroxylation is 3. The minimum Gasteiger partial charge on any atom is -0.352 e. The second kappa shape index (κ2) is 7.13. The first-order valence-corrected chi connectivity index (χ1v) is 8.16. The van der Waals surface area contributed by atoms with Crippen LogP contribution in [0.15, 0.2) is 12.1 Å². The lowest BCUT2D eigenvalue weighted by Gasteiger charge is -2.24. The number of nitrogens with zero attached hydrogens (tertiary/aromatic N) is 1. The van der Waals surface area contributed by atoms with E-state index in [4.69, 9.17) is 0 Å². The average molecular weight is 317 g/mol. The van der Waals surface area contributed by atoms with Crippen molar-refractivity contribution in [1.82, 2.24) is 10.2 Å². The van der Waals surface area contributed by atoms with Crippen molar-refractivity contribution in [2.24, 2.45) is 0 Å². The molecule has 1 aromatic carbocycles. The van der Waals surface area contributed by atoms with E-state index < -0.39 is 0 Å². The van der Waals surface area contributed by atoms with Gasteiger partial charge in [-0.2, -0.15) is 0 Å². The van der Waals surface area contributed by atoms with Gasteiger partial charge in [0.15, 0.2) is 0 Å². The molecule has 5 heteroatoms. The number of likely N-dealkylation sites (N-methyl/N-ethyl adjacent to an activating group) is 1. The third-order valence-electron chi connectivity index (χ3n) is 4.30. The van der Waals surface area contributed by atoms with Crippen LogP contribution in [0.2, 0.25) is 0 Å². The largest absolute Gasteiger partial charge is 0.352 e. The lowest BCUT2D eigenvalue weighted by Crippen LogP contribution is -2.45. The maximum atomic E-state index is 12.5. The summed E-state index contributed by atoms with van der Waals surface area (Å²) in [5.74, 6) is -0.112. The fourth-order valence-corrected chi connectivity index (χ4v) is 2.67. The number of rotatable bonds is 6. The number of anilines is 1. The maximum absolute atomic E-state index is 12.5. The molecule has 5 nitrogen and oxygen atoms in total. The lowest BCUT2D eigenvalue weighted by atomic mass is 10.0. The lowest BCUT2D eigenvalue weighted by molar-refractivity contribution is -0.124. The molecule has 1 atom stereocenters. The van der Waals surface area contributed by atoms with Gasteiger partial charge in [-0.05, 0) is 58.7 Å². The minimum absolute atomic E-state index is 0.0163. The van der Waals surface area contributed by atoms with Crippen LogP contribution in [0.5, 0.6) is 0 Å². The Hall–Kier alpha value is -1.88. The molecule has 0 unspecified atom stereocenters. The minimum atomic E-state index is -0.375. The van der Waals surface area contributed by atoms with E-state index in [2.05, 4.69) is 22.8 Å². The highest BCUT2D eigenvalue weighted by atomic mass is 16.2. The molecule has 2 amide bonds. The number of carbonyl (C=O) groups is 2. The van der Waals surface area contributed by atoms with Crippen LogP contribution in [0, 0.1) is 20.8 Å². The SMILES string of the molecule is Cc1cc(C)c(NC(=O)[C@H](C)N(C)CC(=O)NC2CC2)c(C)c1. The Morgan fingerprint density at radius 1 is 1.22 bits per heavy atom. The van der Waals surface area contributed by atoms with Crippen LogP contribution < -0.4 is 10.6 Å². The van der Waals surface area contributed by atoms with Crippen LogP contribution >= 0.6 is 0 Å². The second-order valence-corrected chi connectivity index (χ2v) is 6.70. The van der Waals surface area contributed by atoms with Crippen LogP contribution in [-0.2, 0) is 9.59 Å². The number of carbonyl (C=O) groups excluding carboxylic acids is 2. The summed E-state index contributed by atoms with van der Waals surface area (Å²) in [7, 11) is 1.80. The van der Waals surface area contributed by atoms with E-state index in [-0.39, 0.29) is 24.4 Å². The van der Waals surface area contributed by atoms with Crippen molar-refractivity contribution in [3.05, 3.63) is 28.8 Å². The molecule has 0 bridgehead atoms. The topological polar surface area (TPSA) is 61.4 Å². The summed E-state index contributed by atoms with van der Waals surface area (Å²) in [6.07, 6.45) is 2.13. The van der Waals surface area contributed by atoms with Crippen molar-refractivity contribution < 1.29 is 9.59 Å². The molecule has 0 aromatic heterocycles. The molecule has 1 aromatic rings. The van der Waals surface area contributed by atoms with Crippen LogP contribution in [0.1, 0.15) is 36.5 Å². The van der Waals surface area contributed by atoms with E-state index in [1.54, 1.807) is 11.9 Å². The van der Waals surface area contributed by atoms with Gasteiger partial charge in [-0.15, -0.1) is 0 Å². The van der Waals surface area contributed by atoms with Crippen molar-refractivity contribution in [2.75, 3.05) is 18.9 Å². The molecule has 1 aliphatic carbocycles. The van der Waals surface area contributed by atoms with Gasteiger partial charge >= 0.3 is 0 Å².